The molecular weight excluding hydrogens is 364 g/mol. The van der Waals surface area contributed by atoms with Gasteiger partial charge in [0.25, 0.3) is 0 Å². The highest BCUT2D eigenvalue weighted by atomic mass is 35.5. The average Bonchev–Trinajstić information content (AvgIpc) is 3.31. The SMILES string of the molecule is Cl.N=C(N)c1ccc(CNC(=O)[C@@H]2CCCN2C(=O)CC2CCCC2)cc1. The van der Waals surface area contributed by atoms with Gasteiger partial charge in [-0.1, -0.05) is 37.1 Å². The molecule has 6 nitrogen and oxygen atoms in total. The first-order valence-corrected chi connectivity index (χ1v) is 9.55. The second kappa shape index (κ2) is 9.74. The van der Waals surface area contributed by atoms with E-state index < -0.39 is 0 Å². The molecule has 27 heavy (non-hydrogen) atoms. The largest absolute Gasteiger partial charge is 0.384 e. The van der Waals surface area contributed by atoms with E-state index in [1.807, 2.05) is 12.1 Å². The minimum atomic E-state index is -0.333. The quantitative estimate of drug-likeness (QED) is 0.512. The molecule has 1 atom stereocenters. The molecule has 0 unspecified atom stereocenters. The maximum atomic E-state index is 12.6. The van der Waals surface area contributed by atoms with Crippen molar-refractivity contribution in [2.24, 2.45) is 11.7 Å². The third-order valence-electron chi connectivity index (χ3n) is 5.55. The average molecular weight is 393 g/mol. The molecule has 4 N–H and O–H groups in total. The van der Waals surface area contributed by atoms with Crippen LogP contribution >= 0.6 is 12.4 Å². The van der Waals surface area contributed by atoms with Gasteiger partial charge in [-0.3, -0.25) is 15.0 Å². The highest BCUT2D eigenvalue weighted by molar-refractivity contribution is 5.94. The Kier molecular flexibility index (Phi) is 7.66. The minimum Gasteiger partial charge on any atom is -0.384 e. The van der Waals surface area contributed by atoms with Gasteiger partial charge >= 0.3 is 0 Å². The van der Waals surface area contributed by atoms with Crippen LogP contribution in [0.5, 0.6) is 0 Å². The molecule has 0 spiro atoms. The first-order valence-electron chi connectivity index (χ1n) is 9.55. The van der Waals surface area contributed by atoms with Gasteiger partial charge in [0.2, 0.25) is 11.8 Å². The topological polar surface area (TPSA) is 99.3 Å². The number of amidine groups is 1. The summed E-state index contributed by atoms with van der Waals surface area (Å²) in [5, 5.41) is 10.4. The van der Waals surface area contributed by atoms with Crippen LogP contribution in [0.1, 0.15) is 56.1 Å². The van der Waals surface area contributed by atoms with Crippen molar-refractivity contribution in [3.05, 3.63) is 35.4 Å². The predicted molar refractivity (Wildman–Crippen MR) is 108 cm³/mol. The third-order valence-corrected chi connectivity index (χ3v) is 5.55. The number of carbonyl (C=O) groups excluding carboxylic acids is 2. The Labute approximate surface area is 166 Å². The summed E-state index contributed by atoms with van der Waals surface area (Å²) < 4.78 is 0. The summed E-state index contributed by atoms with van der Waals surface area (Å²) in [6, 6.07) is 6.93. The molecule has 1 saturated heterocycles. The van der Waals surface area contributed by atoms with Gasteiger partial charge in [0.05, 0.1) is 0 Å². The second-order valence-electron chi connectivity index (χ2n) is 7.43. The molecule has 0 aromatic heterocycles. The lowest BCUT2D eigenvalue weighted by Gasteiger charge is -2.25. The number of carbonyl (C=O) groups is 2. The van der Waals surface area contributed by atoms with E-state index in [4.69, 9.17) is 11.1 Å². The summed E-state index contributed by atoms with van der Waals surface area (Å²) in [5.74, 6) is 0.604. The van der Waals surface area contributed by atoms with Gasteiger partial charge in [0.15, 0.2) is 0 Å². The summed E-state index contributed by atoms with van der Waals surface area (Å²) in [4.78, 5) is 27.0. The lowest BCUT2D eigenvalue weighted by atomic mass is 10.0. The van der Waals surface area contributed by atoms with Crippen LogP contribution in [0.15, 0.2) is 24.3 Å². The lowest BCUT2D eigenvalue weighted by molar-refractivity contribution is -0.139. The van der Waals surface area contributed by atoms with Crippen molar-refractivity contribution >= 4 is 30.1 Å². The number of nitrogens with one attached hydrogen (secondary N) is 2. The first-order chi connectivity index (χ1) is 12.5. The number of halogens is 1. The van der Waals surface area contributed by atoms with Gasteiger partial charge in [0, 0.05) is 25.1 Å². The minimum absolute atomic E-state index is 0. The van der Waals surface area contributed by atoms with Gasteiger partial charge in [-0.05, 0) is 37.2 Å². The zero-order valence-electron chi connectivity index (χ0n) is 15.6. The number of nitrogen functional groups attached to an aromatic ring is 1. The molecule has 1 heterocycles. The fraction of sp³-hybridized carbons (Fsp3) is 0.550. The van der Waals surface area contributed by atoms with Crippen molar-refractivity contribution < 1.29 is 9.59 Å². The maximum Gasteiger partial charge on any atom is 0.243 e. The van der Waals surface area contributed by atoms with Crippen molar-refractivity contribution in [1.29, 1.82) is 5.41 Å². The van der Waals surface area contributed by atoms with E-state index in [0.717, 1.165) is 31.2 Å². The molecule has 1 saturated carbocycles. The molecule has 7 heteroatoms. The highest BCUT2D eigenvalue weighted by Gasteiger charge is 2.34. The van der Waals surface area contributed by atoms with Gasteiger partial charge in [-0.15, -0.1) is 12.4 Å². The van der Waals surface area contributed by atoms with Crippen LogP contribution in [-0.2, 0) is 16.1 Å². The molecule has 2 fully saturated rings. The maximum absolute atomic E-state index is 12.6. The second-order valence-corrected chi connectivity index (χ2v) is 7.43. The standard InChI is InChI=1S/C20H28N4O2.ClH/c21-19(22)16-9-7-15(8-10-16)13-23-20(26)17-6-3-11-24(17)18(25)12-14-4-1-2-5-14;/h7-10,14,17H,1-6,11-13H2,(H3,21,22)(H,23,26);1H/t17-;/m0./s1. The molecule has 1 aliphatic carbocycles. The Morgan fingerprint density at radius 1 is 1.11 bits per heavy atom. The van der Waals surface area contributed by atoms with E-state index >= 15 is 0 Å². The van der Waals surface area contributed by atoms with E-state index in [2.05, 4.69) is 5.32 Å². The monoisotopic (exact) mass is 392 g/mol. The smallest absolute Gasteiger partial charge is 0.243 e. The number of nitrogens with two attached hydrogens (primary N) is 1. The first kappa shape index (κ1) is 21.2. The molecule has 148 valence electrons. The number of hydrogen-bond acceptors (Lipinski definition) is 3. The molecule has 0 radical (unpaired) electrons. The lowest BCUT2D eigenvalue weighted by Crippen LogP contribution is -2.46. The van der Waals surface area contributed by atoms with E-state index in [0.29, 0.717) is 31.0 Å². The van der Waals surface area contributed by atoms with E-state index in [-0.39, 0.29) is 36.1 Å². The highest BCUT2D eigenvalue weighted by Crippen LogP contribution is 2.29. The Morgan fingerprint density at radius 3 is 2.41 bits per heavy atom. The number of benzene rings is 1. The Bertz CT molecular complexity index is 671. The summed E-state index contributed by atoms with van der Waals surface area (Å²) >= 11 is 0. The van der Waals surface area contributed by atoms with Gasteiger partial charge in [-0.2, -0.15) is 0 Å². The predicted octanol–water partition coefficient (Wildman–Crippen LogP) is 2.58. The van der Waals surface area contributed by atoms with Crippen LogP contribution in [0.25, 0.3) is 0 Å². The molecule has 0 bridgehead atoms. The molecule has 2 aliphatic rings. The number of amides is 2. The fourth-order valence-electron chi connectivity index (χ4n) is 4.03. The fourth-order valence-corrected chi connectivity index (χ4v) is 4.03. The molecule has 1 aromatic carbocycles. The van der Waals surface area contributed by atoms with E-state index in [9.17, 15) is 9.59 Å². The number of nitrogens with zero attached hydrogens (tertiary/aromatic N) is 1. The molecule has 2 amide bonds. The van der Waals surface area contributed by atoms with Gasteiger partial charge in [0.1, 0.15) is 11.9 Å². The molecule has 1 aromatic rings. The van der Waals surface area contributed by atoms with Gasteiger partial charge < -0.3 is 16.0 Å². The molecule has 3 rings (SSSR count). The van der Waals surface area contributed by atoms with Gasteiger partial charge in [-0.25, -0.2) is 0 Å². The van der Waals surface area contributed by atoms with Crippen molar-refractivity contribution in [2.75, 3.05) is 6.54 Å². The number of rotatable bonds is 6. The Balaban J connectivity index is 0.00000261. The van der Waals surface area contributed by atoms with Crippen LogP contribution in [0, 0.1) is 11.3 Å². The summed E-state index contributed by atoms with van der Waals surface area (Å²) in [6.45, 7) is 1.11. The van der Waals surface area contributed by atoms with Crippen molar-refractivity contribution in [2.45, 2.75) is 57.5 Å². The third kappa shape index (κ3) is 5.45. The summed E-state index contributed by atoms with van der Waals surface area (Å²) in [6.07, 6.45) is 6.97. The molecular formula is C20H29ClN4O2. The molecule has 1 aliphatic heterocycles. The van der Waals surface area contributed by atoms with E-state index in [1.54, 1.807) is 17.0 Å². The van der Waals surface area contributed by atoms with Crippen LogP contribution < -0.4 is 11.1 Å². The van der Waals surface area contributed by atoms with Crippen LogP contribution in [0.4, 0.5) is 0 Å². The van der Waals surface area contributed by atoms with Crippen molar-refractivity contribution in [3.8, 4) is 0 Å². The Hall–Kier alpha value is -2.08. The zero-order chi connectivity index (χ0) is 18.5. The zero-order valence-corrected chi connectivity index (χ0v) is 16.4. The number of likely N-dealkylation sites (tertiary alicyclic amines) is 1. The van der Waals surface area contributed by atoms with Crippen LogP contribution in [0.2, 0.25) is 0 Å². The van der Waals surface area contributed by atoms with Crippen LogP contribution in [0.3, 0.4) is 0 Å². The van der Waals surface area contributed by atoms with Crippen LogP contribution in [-0.4, -0.2) is 35.1 Å². The van der Waals surface area contributed by atoms with Crippen molar-refractivity contribution in [1.82, 2.24) is 10.2 Å². The summed E-state index contributed by atoms with van der Waals surface area (Å²) in [5.41, 5.74) is 7.06. The van der Waals surface area contributed by atoms with Crippen molar-refractivity contribution in [3.63, 3.8) is 0 Å². The number of hydrogen-bond donors (Lipinski definition) is 3. The Morgan fingerprint density at radius 2 is 1.78 bits per heavy atom. The normalized spacial score (nSPS) is 19.6. The van der Waals surface area contributed by atoms with E-state index in [1.165, 1.54) is 12.8 Å². The summed E-state index contributed by atoms with van der Waals surface area (Å²) in [7, 11) is 0.